The van der Waals surface area contributed by atoms with E-state index in [1.807, 2.05) is 12.1 Å². The van der Waals surface area contributed by atoms with Crippen LogP contribution >= 0.6 is 0 Å². The third-order valence-electron chi connectivity index (χ3n) is 3.04. The Morgan fingerprint density at radius 1 is 1.00 bits per heavy atom. The Morgan fingerprint density at radius 2 is 1.65 bits per heavy atom. The fourth-order valence-electron chi connectivity index (χ4n) is 1.89. The molecule has 0 aliphatic heterocycles. The summed E-state index contributed by atoms with van der Waals surface area (Å²) in [6, 6.07) is 10.1. The van der Waals surface area contributed by atoms with E-state index in [1.54, 1.807) is 24.5 Å². The van der Waals surface area contributed by atoms with Gasteiger partial charge in [0.25, 0.3) is 0 Å². The number of amides is 1. The predicted octanol–water partition coefficient (Wildman–Crippen LogP) is 2.51. The minimum absolute atomic E-state index is 0.0314. The van der Waals surface area contributed by atoms with Gasteiger partial charge in [0.05, 0.1) is 0 Å². The van der Waals surface area contributed by atoms with Crippen LogP contribution in [0.5, 0.6) is 0 Å². The molecule has 1 aromatic carbocycles. The van der Waals surface area contributed by atoms with Crippen LogP contribution in [0.4, 0.5) is 4.39 Å². The number of aromatic nitrogens is 1. The van der Waals surface area contributed by atoms with Crippen LogP contribution in [0, 0.1) is 5.82 Å². The van der Waals surface area contributed by atoms with E-state index < -0.39 is 0 Å². The normalized spacial score (nSPS) is 10.2. The second kappa shape index (κ2) is 7.38. The van der Waals surface area contributed by atoms with Gasteiger partial charge in [0.2, 0.25) is 5.91 Å². The highest BCUT2D eigenvalue weighted by molar-refractivity contribution is 5.76. The van der Waals surface area contributed by atoms with Gasteiger partial charge in [0.15, 0.2) is 0 Å². The van der Waals surface area contributed by atoms with E-state index in [4.69, 9.17) is 0 Å². The van der Waals surface area contributed by atoms with Crippen molar-refractivity contribution in [2.75, 3.05) is 6.54 Å². The molecule has 2 aromatic rings. The molecule has 0 atom stereocenters. The monoisotopic (exact) mass is 272 g/mol. The van der Waals surface area contributed by atoms with Crippen LogP contribution in [0.1, 0.15) is 17.5 Å². The lowest BCUT2D eigenvalue weighted by molar-refractivity contribution is -0.121. The molecule has 1 N–H and O–H groups in total. The van der Waals surface area contributed by atoms with Crippen LogP contribution in [0.15, 0.2) is 48.8 Å². The van der Waals surface area contributed by atoms with Gasteiger partial charge >= 0.3 is 0 Å². The lowest BCUT2D eigenvalue weighted by atomic mass is 10.1. The molecular weight excluding hydrogens is 255 g/mol. The summed E-state index contributed by atoms with van der Waals surface area (Å²) < 4.78 is 12.7. The molecule has 0 aliphatic carbocycles. The van der Waals surface area contributed by atoms with Crippen molar-refractivity contribution in [3.8, 4) is 0 Å². The highest BCUT2D eigenvalue weighted by atomic mass is 19.1. The SMILES string of the molecule is O=C(CCc1ccncc1)NCCc1ccc(F)cc1. The van der Waals surface area contributed by atoms with Crippen molar-refractivity contribution in [2.24, 2.45) is 0 Å². The molecule has 0 unspecified atom stereocenters. The zero-order valence-electron chi connectivity index (χ0n) is 11.2. The second-order valence-corrected chi connectivity index (χ2v) is 4.58. The number of benzene rings is 1. The number of halogens is 1. The first-order valence-electron chi connectivity index (χ1n) is 6.64. The Kier molecular flexibility index (Phi) is 5.24. The molecule has 1 aromatic heterocycles. The molecule has 104 valence electrons. The zero-order valence-corrected chi connectivity index (χ0v) is 11.2. The summed E-state index contributed by atoms with van der Waals surface area (Å²) in [5, 5.41) is 2.87. The van der Waals surface area contributed by atoms with Gasteiger partial charge in [-0.1, -0.05) is 12.1 Å². The van der Waals surface area contributed by atoms with Gasteiger partial charge < -0.3 is 5.32 Å². The van der Waals surface area contributed by atoms with E-state index >= 15 is 0 Å². The number of nitrogens with one attached hydrogen (secondary N) is 1. The number of hydrogen-bond donors (Lipinski definition) is 1. The number of pyridine rings is 1. The van der Waals surface area contributed by atoms with Crippen LogP contribution in [-0.2, 0) is 17.6 Å². The van der Waals surface area contributed by atoms with Crippen LogP contribution in [0.2, 0.25) is 0 Å². The number of aryl methyl sites for hydroxylation is 1. The second-order valence-electron chi connectivity index (χ2n) is 4.58. The quantitative estimate of drug-likeness (QED) is 0.878. The van der Waals surface area contributed by atoms with Gasteiger partial charge in [-0.05, 0) is 48.2 Å². The largest absolute Gasteiger partial charge is 0.356 e. The summed E-state index contributed by atoms with van der Waals surface area (Å²) in [5.74, 6) is -0.209. The number of carbonyl (C=O) groups is 1. The van der Waals surface area contributed by atoms with E-state index in [9.17, 15) is 9.18 Å². The molecule has 0 bridgehead atoms. The molecule has 0 saturated heterocycles. The van der Waals surface area contributed by atoms with E-state index in [0.29, 0.717) is 25.8 Å². The van der Waals surface area contributed by atoms with E-state index in [-0.39, 0.29) is 11.7 Å². The summed E-state index contributed by atoms with van der Waals surface area (Å²) in [6.07, 6.45) is 5.34. The molecule has 0 spiro atoms. The average Bonchev–Trinajstić information content (AvgIpc) is 2.48. The van der Waals surface area contributed by atoms with Crippen molar-refractivity contribution in [2.45, 2.75) is 19.3 Å². The molecule has 2 rings (SSSR count). The Balaban J connectivity index is 1.66. The minimum atomic E-state index is -0.241. The molecule has 0 fully saturated rings. The average molecular weight is 272 g/mol. The Labute approximate surface area is 117 Å². The molecule has 3 nitrogen and oxygen atoms in total. The fraction of sp³-hybridized carbons (Fsp3) is 0.250. The van der Waals surface area contributed by atoms with Crippen LogP contribution in [-0.4, -0.2) is 17.4 Å². The summed E-state index contributed by atoms with van der Waals surface area (Å²) in [4.78, 5) is 15.6. The maximum Gasteiger partial charge on any atom is 0.220 e. The lowest BCUT2D eigenvalue weighted by Gasteiger charge is -2.05. The number of rotatable bonds is 6. The highest BCUT2D eigenvalue weighted by Gasteiger charge is 2.02. The third kappa shape index (κ3) is 4.80. The Bertz CT molecular complexity index is 540. The van der Waals surface area contributed by atoms with E-state index in [0.717, 1.165) is 11.1 Å². The molecule has 0 saturated carbocycles. The zero-order chi connectivity index (χ0) is 14.2. The topological polar surface area (TPSA) is 42.0 Å². The summed E-state index contributed by atoms with van der Waals surface area (Å²) in [7, 11) is 0. The first-order chi connectivity index (χ1) is 9.74. The lowest BCUT2D eigenvalue weighted by Crippen LogP contribution is -2.25. The van der Waals surface area contributed by atoms with Crippen molar-refractivity contribution in [3.63, 3.8) is 0 Å². The number of carbonyl (C=O) groups excluding carboxylic acids is 1. The van der Waals surface area contributed by atoms with Gasteiger partial charge in [-0.25, -0.2) is 4.39 Å². The van der Waals surface area contributed by atoms with Crippen LogP contribution in [0.3, 0.4) is 0 Å². The first kappa shape index (κ1) is 14.2. The highest BCUT2D eigenvalue weighted by Crippen LogP contribution is 2.03. The van der Waals surface area contributed by atoms with Crippen LogP contribution in [0.25, 0.3) is 0 Å². The smallest absolute Gasteiger partial charge is 0.220 e. The summed E-state index contributed by atoms with van der Waals surface area (Å²) >= 11 is 0. The van der Waals surface area contributed by atoms with Gasteiger partial charge in [-0.3, -0.25) is 9.78 Å². The summed E-state index contributed by atoms with van der Waals surface area (Å²) in [6.45, 7) is 0.570. The molecule has 1 heterocycles. The molecular formula is C16H17FN2O. The van der Waals surface area contributed by atoms with Crippen molar-refractivity contribution >= 4 is 5.91 Å². The van der Waals surface area contributed by atoms with Gasteiger partial charge in [-0.15, -0.1) is 0 Å². The first-order valence-corrected chi connectivity index (χ1v) is 6.64. The molecule has 0 radical (unpaired) electrons. The molecule has 20 heavy (non-hydrogen) atoms. The molecule has 0 aliphatic rings. The fourth-order valence-corrected chi connectivity index (χ4v) is 1.89. The van der Waals surface area contributed by atoms with Gasteiger partial charge in [0, 0.05) is 25.4 Å². The van der Waals surface area contributed by atoms with Crippen molar-refractivity contribution in [1.29, 1.82) is 0 Å². The van der Waals surface area contributed by atoms with E-state index in [1.165, 1.54) is 12.1 Å². The van der Waals surface area contributed by atoms with Crippen LogP contribution < -0.4 is 5.32 Å². The van der Waals surface area contributed by atoms with E-state index in [2.05, 4.69) is 10.3 Å². The molecule has 4 heteroatoms. The van der Waals surface area contributed by atoms with Gasteiger partial charge in [-0.2, -0.15) is 0 Å². The Hall–Kier alpha value is -2.23. The maximum atomic E-state index is 12.7. The predicted molar refractivity (Wildman–Crippen MR) is 75.7 cm³/mol. The van der Waals surface area contributed by atoms with Crippen molar-refractivity contribution in [3.05, 3.63) is 65.7 Å². The molecule has 1 amide bonds. The minimum Gasteiger partial charge on any atom is -0.356 e. The standard InChI is InChI=1S/C16H17FN2O/c17-15-4-1-13(2-5-15)9-12-19-16(20)6-3-14-7-10-18-11-8-14/h1-2,4-5,7-8,10-11H,3,6,9,12H2,(H,19,20). The van der Waals surface area contributed by atoms with Crippen molar-refractivity contribution < 1.29 is 9.18 Å². The van der Waals surface area contributed by atoms with Gasteiger partial charge in [0.1, 0.15) is 5.82 Å². The third-order valence-corrected chi connectivity index (χ3v) is 3.04. The number of hydrogen-bond acceptors (Lipinski definition) is 2. The maximum absolute atomic E-state index is 12.7. The van der Waals surface area contributed by atoms with Crippen molar-refractivity contribution in [1.82, 2.24) is 10.3 Å². The number of nitrogens with zero attached hydrogens (tertiary/aromatic N) is 1. The summed E-state index contributed by atoms with van der Waals surface area (Å²) in [5.41, 5.74) is 2.12. The Morgan fingerprint density at radius 3 is 2.35 bits per heavy atom.